The standard InChI is InChI=1S/C22H30N2O/c1-4-7-8-10-15-19-16-20(18-13-11-9-12-14-18)17-23-21(19)22(25)24(5-2)6-3/h9,11-14,16-17H,4-8,10,15H2,1-3H3. The van der Waals surface area contributed by atoms with Gasteiger partial charge in [-0.2, -0.15) is 0 Å². The van der Waals surface area contributed by atoms with Crippen molar-refractivity contribution in [3.8, 4) is 11.1 Å². The lowest BCUT2D eigenvalue weighted by atomic mass is 9.99. The molecule has 1 aromatic carbocycles. The van der Waals surface area contributed by atoms with Crippen LogP contribution in [-0.4, -0.2) is 28.9 Å². The minimum atomic E-state index is 0.0510. The van der Waals surface area contributed by atoms with Gasteiger partial charge in [-0.3, -0.25) is 9.78 Å². The van der Waals surface area contributed by atoms with E-state index in [4.69, 9.17) is 0 Å². The number of nitrogens with zero attached hydrogens (tertiary/aromatic N) is 2. The molecule has 25 heavy (non-hydrogen) atoms. The van der Waals surface area contributed by atoms with Crippen LogP contribution in [0.2, 0.25) is 0 Å². The molecule has 2 aromatic rings. The first-order chi connectivity index (χ1) is 12.2. The molecule has 1 aromatic heterocycles. The Morgan fingerprint density at radius 2 is 1.68 bits per heavy atom. The van der Waals surface area contributed by atoms with Gasteiger partial charge in [-0.1, -0.05) is 56.5 Å². The summed E-state index contributed by atoms with van der Waals surface area (Å²) >= 11 is 0. The van der Waals surface area contributed by atoms with Gasteiger partial charge in [0.25, 0.3) is 5.91 Å². The van der Waals surface area contributed by atoms with E-state index in [0.717, 1.165) is 29.5 Å². The van der Waals surface area contributed by atoms with E-state index in [0.29, 0.717) is 18.8 Å². The predicted molar refractivity (Wildman–Crippen MR) is 105 cm³/mol. The first kappa shape index (κ1) is 19.2. The van der Waals surface area contributed by atoms with Crippen molar-refractivity contribution in [2.75, 3.05) is 13.1 Å². The van der Waals surface area contributed by atoms with Crippen LogP contribution in [0.5, 0.6) is 0 Å². The number of pyridine rings is 1. The molecule has 0 spiro atoms. The second-order valence-corrected chi connectivity index (χ2v) is 6.39. The zero-order valence-electron chi connectivity index (χ0n) is 15.8. The second-order valence-electron chi connectivity index (χ2n) is 6.39. The van der Waals surface area contributed by atoms with Crippen LogP contribution in [0.15, 0.2) is 42.6 Å². The zero-order valence-corrected chi connectivity index (χ0v) is 15.8. The van der Waals surface area contributed by atoms with Crippen LogP contribution < -0.4 is 0 Å². The summed E-state index contributed by atoms with van der Waals surface area (Å²) in [5, 5.41) is 0. The van der Waals surface area contributed by atoms with Gasteiger partial charge in [0.2, 0.25) is 0 Å². The summed E-state index contributed by atoms with van der Waals surface area (Å²) in [6, 6.07) is 12.4. The highest BCUT2D eigenvalue weighted by atomic mass is 16.2. The number of aryl methyl sites for hydroxylation is 1. The summed E-state index contributed by atoms with van der Waals surface area (Å²) in [6.45, 7) is 7.67. The van der Waals surface area contributed by atoms with Crippen LogP contribution in [0.25, 0.3) is 11.1 Å². The molecule has 2 rings (SSSR count). The molecule has 0 aliphatic rings. The Bertz CT molecular complexity index is 663. The van der Waals surface area contributed by atoms with E-state index < -0.39 is 0 Å². The number of benzene rings is 1. The van der Waals surface area contributed by atoms with Crippen LogP contribution in [0, 0.1) is 0 Å². The Hall–Kier alpha value is -2.16. The Labute approximate surface area is 152 Å². The zero-order chi connectivity index (χ0) is 18.1. The number of rotatable bonds is 9. The number of unbranched alkanes of at least 4 members (excludes halogenated alkanes) is 3. The molecule has 3 heteroatoms. The predicted octanol–water partition coefficient (Wildman–Crippen LogP) is 5.35. The lowest BCUT2D eigenvalue weighted by Crippen LogP contribution is -2.32. The maximum Gasteiger partial charge on any atom is 0.272 e. The monoisotopic (exact) mass is 338 g/mol. The Morgan fingerprint density at radius 1 is 0.960 bits per heavy atom. The van der Waals surface area contributed by atoms with Crippen molar-refractivity contribution in [3.05, 3.63) is 53.9 Å². The van der Waals surface area contributed by atoms with Crippen LogP contribution in [-0.2, 0) is 6.42 Å². The summed E-state index contributed by atoms with van der Waals surface area (Å²) in [6.07, 6.45) is 7.51. The second kappa shape index (κ2) is 9.97. The maximum atomic E-state index is 12.8. The third-order valence-corrected chi connectivity index (χ3v) is 4.63. The van der Waals surface area contributed by atoms with E-state index in [1.54, 1.807) is 0 Å². The van der Waals surface area contributed by atoms with Gasteiger partial charge in [-0.05, 0) is 43.9 Å². The van der Waals surface area contributed by atoms with Crippen molar-refractivity contribution in [1.29, 1.82) is 0 Å². The summed E-state index contributed by atoms with van der Waals surface area (Å²) in [5.41, 5.74) is 3.93. The van der Waals surface area contributed by atoms with Gasteiger partial charge < -0.3 is 4.90 Å². The van der Waals surface area contributed by atoms with Gasteiger partial charge in [-0.15, -0.1) is 0 Å². The number of amides is 1. The smallest absolute Gasteiger partial charge is 0.272 e. The van der Waals surface area contributed by atoms with E-state index in [-0.39, 0.29) is 5.91 Å². The van der Waals surface area contributed by atoms with Gasteiger partial charge in [0.1, 0.15) is 5.69 Å². The molecule has 0 unspecified atom stereocenters. The average Bonchev–Trinajstić information content (AvgIpc) is 2.66. The average molecular weight is 338 g/mol. The van der Waals surface area contributed by atoms with E-state index >= 15 is 0 Å². The molecule has 1 heterocycles. The highest BCUT2D eigenvalue weighted by Gasteiger charge is 2.18. The fourth-order valence-electron chi connectivity index (χ4n) is 3.08. The molecule has 1 amide bonds. The normalized spacial score (nSPS) is 10.7. The third kappa shape index (κ3) is 5.15. The van der Waals surface area contributed by atoms with Crippen LogP contribution >= 0.6 is 0 Å². The largest absolute Gasteiger partial charge is 0.338 e. The summed E-state index contributed by atoms with van der Waals surface area (Å²) in [4.78, 5) is 19.3. The van der Waals surface area contributed by atoms with Crippen molar-refractivity contribution in [1.82, 2.24) is 9.88 Å². The summed E-state index contributed by atoms with van der Waals surface area (Å²) in [7, 11) is 0. The minimum Gasteiger partial charge on any atom is -0.338 e. The molecule has 0 aliphatic carbocycles. The molecule has 0 bridgehead atoms. The molecule has 0 N–H and O–H groups in total. The third-order valence-electron chi connectivity index (χ3n) is 4.63. The van der Waals surface area contributed by atoms with E-state index in [2.05, 4.69) is 30.1 Å². The van der Waals surface area contributed by atoms with Crippen LogP contribution in [0.1, 0.15) is 62.5 Å². The summed E-state index contributed by atoms with van der Waals surface area (Å²) < 4.78 is 0. The molecule has 0 atom stereocenters. The topological polar surface area (TPSA) is 33.2 Å². The molecule has 0 aliphatic heterocycles. The maximum absolute atomic E-state index is 12.8. The number of hydrogen-bond acceptors (Lipinski definition) is 2. The quantitative estimate of drug-likeness (QED) is 0.577. The molecule has 0 saturated carbocycles. The van der Waals surface area contributed by atoms with Gasteiger partial charge >= 0.3 is 0 Å². The minimum absolute atomic E-state index is 0.0510. The fourth-order valence-corrected chi connectivity index (χ4v) is 3.08. The van der Waals surface area contributed by atoms with Gasteiger partial charge in [0.15, 0.2) is 0 Å². The van der Waals surface area contributed by atoms with Gasteiger partial charge in [-0.25, -0.2) is 0 Å². The number of carbonyl (C=O) groups excluding carboxylic acids is 1. The molecular weight excluding hydrogens is 308 g/mol. The van der Waals surface area contributed by atoms with Crippen LogP contribution in [0.3, 0.4) is 0 Å². The molecule has 134 valence electrons. The molecule has 0 radical (unpaired) electrons. The van der Waals surface area contributed by atoms with Crippen molar-refractivity contribution in [2.24, 2.45) is 0 Å². The lowest BCUT2D eigenvalue weighted by Gasteiger charge is -2.20. The Kier molecular flexibility index (Phi) is 7.65. The molecule has 0 saturated heterocycles. The first-order valence-corrected chi connectivity index (χ1v) is 9.54. The SMILES string of the molecule is CCCCCCc1cc(-c2ccccc2)cnc1C(=O)N(CC)CC. The Balaban J connectivity index is 2.32. The van der Waals surface area contributed by atoms with E-state index in [1.807, 2.05) is 43.1 Å². The van der Waals surface area contributed by atoms with Crippen molar-refractivity contribution >= 4 is 5.91 Å². The van der Waals surface area contributed by atoms with Crippen molar-refractivity contribution in [3.63, 3.8) is 0 Å². The van der Waals surface area contributed by atoms with E-state index in [1.165, 1.54) is 19.3 Å². The summed E-state index contributed by atoms with van der Waals surface area (Å²) in [5.74, 6) is 0.0510. The Morgan fingerprint density at radius 3 is 2.32 bits per heavy atom. The highest BCUT2D eigenvalue weighted by molar-refractivity contribution is 5.94. The first-order valence-electron chi connectivity index (χ1n) is 9.54. The van der Waals surface area contributed by atoms with Crippen LogP contribution in [0.4, 0.5) is 0 Å². The van der Waals surface area contributed by atoms with E-state index in [9.17, 15) is 4.79 Å². The van der Waals surface area contributed by atoms with Crippen molar-refractivity contribution < 1.29 is 4.79 Å². The van der Waals surface area contributed by atoms with Gasteiger partial charge in [0.05, 0.1) is 0 Å². The lowest BCUT2D eigenvalue weighted by molar-refractivity contribution is 0.0766. The molecular formula is C22H30N2O. The highest BCUT2D eigenvalue weighted by Crippen LogP contribution is 2.23. The number of hydrogen-bond donors (Lipinski definition) is 0. The number of carbonyl (C=O) groups is 1. The molecule has 3 nitrogen and oxygen atoms in total. The number of aromatic nitrogens is 1. The molecule has 0 fully saturated rings. The van der Waals surface area contributed by atoms with Gasteiger partial charge in [0, 0.05) is 24.8 Å². The van der Waals surface area contributed by atoms with Crippen molar-refractivity contribution in [2.45, 2.75) is 52.9 Å². The fraction of sp³-hybridized carbons (Fsp3) is 0.455.